The summed E-state index contributed by atoms with van der Waals surface area (Å²) in [7, 11) is 0. The van der Waals surface area contributed by atoms with E-state index in [9.17, 15) is 9.59 Å². The third-order valence-corrected chi connectivity index (χ3v) is 3.67. The number of hydrogen-bond donors (Lipinski definition) is 3. The molecule has 3 aromatic rings. The number of rotatable bonds is 4. The third-order valence-electron chi connectivity index (χ3n) is 3.67. The van der Waals surface area contributed by atoms with E-state index in [0.29, 0.717) is 11.3 Å². The number of nitrogens with two attached hydrogens (primary N) is 1. The number of carbonyl (C=O) groups is 2. The van der Waals surface area contributed by atoms with Crippen LogP contribution in [0, 0.1) is 0 Å². The summed E-state index contributed by atoms with van der Waals surface area (Å²) in [6.07, 6.45) is 0. The second-order valence-corrected chi connectivity index (χ2v) is 5.43. The van der Waals surface area contributed by atoms with E-state index in [0.717, 1.165) is 16.8 Å². The Balaban J connectivity index is 1.81. The summed E-state index contributed by atoms with van der Waals surface area (Å²) < 4.78 is 0. The Hall–Kier alpha value is -3.60. The molecule has 0 aliphatic rings. The van der Waals surface area contributed by atoms with Crippen molar-refractivity contribution in [3.05, 3.63) is 84.4 Å². The number of anilines is 2. The average Bonchev–Trinajstić information content (AvgIpc) is 2.63. The van der Waals surface area contributed by atoms with Gasteiger partial charge in [0.05, 0.1) is 0 Å². The SMILES string of the molecule is NC(=O)Nc1ccc(C(=O)Nc2ccccc2-c2ccccc2)cc1. The Bertz CT molecular complexity index is 890. The fourth-order valence-electron chi connectivity index (χ4n) is 2.50. The van der Waals surface area contributed by atoms with Crippen molar-refractivity contribution in [1.29, 1.82) is 0 Å². The fourth-order valence-corrected chi connectivity index (χ4v) is 2.50. The van der Waals surface area contributed by atoms with Crippen molar-refractivity contribution in [2.45, 2.75) is 0 Å². The van der Waals surface area contributed by atoms with E-state index in [1.807, 2.05) is 54.6 Å². The lowest BCUT2D eigenvalue weighted by Gasteiger charge is -2.11. The van der Waals surface area contributed by atoms with Crippen LogP contribution in [0.15, 0.2) is 78.9 Å². The highest BCUT2D eigenvalue weighted by Gasteiger charge is 2.10. The maximum absolute atomic E-state index is 12.5. The summed E-state index contributed by atoms with van der Waals surface area (Å²) in [6.45, 7) is 0. The van der Waals surface area contributed by atoms with Gasteiger partial charge in [-0.3, -0.25) is 4.79 Å². The Labute approximate surface area is 145 Å². The van der Waals surface area contributed by atoms with Gasteiger partial charge in [0.25, 0.3) is 5.91 Å². The van der Waals surface area contributed by atoms with Crippen LogP contribution >= 0.6 is 0 Å². The summed E-state index contributed by atoms with van der Waals surface area (Å²) in [6, 6.07) is 23.4. The van der Waals surface area contributed by atoms with Crippen LogP contribution in [0.1, 0.15) is 10.4 Å². The molecular formula is C20H17N3O2. The highest BCUT2D eigenvalue weighted by molar-refractivity contribution is 6.06. The third kappa shape index (κ3) is 4.03. The van der Waals surface area contributed by atoms with E-state index in [2.05, 4.69) is 10.6 Å². The topological polar surface area (TPSA) is 84.2 Å². The monoisotopic (exact) mass is 331 g/mol. The molecule has 0 fully saturated rings. The Morgan fingerprint density at radius 2 is 1.36 bits per heavy atom. The van der Waals surface area contributed by atoms with E-state index >= 15 is 0 Å². The minimum atomic E-state index is -0.644. The molecule has 3 aromatic carbocycles. The van der Waals surface area contributed by atoms with Crippen LogP contribution in [-0.2, 0) is 0 Å². The van der Waals surface area contributed by atoms with Crippen molar-refractivity contribution in [3.8, 4) is 11.1 Å². The zero-order valence-electron chi connectivity index (χ0n) is 13.4. The molecule has 25 heavy (non-hydrogen) atoms. The number of carbonyl (C=O) groups excluding carboxylic acids is 2. The molecule has 0 radical (unpaired) electrons. The molecule has 0 saturated carbocycles. The average molecular weight is 331 g/mol. The maximum atomic E-state index is 12.5. The van der Waals surface area contributed by atoms with Crippen molar-refractivity contribution in [1.82, 2.24) is 0 Å². The smallest absolute Gasteiger partial charge is 0.316 e. The van der Waals surface area contributed by atoms with Gasteiger partial charge in [-0.05, 0) is 35.9 Å². The van der Waals surface area contributed by atoms with Gasteiger partial charge < -0.3 is 16.4 Å². The van der Waals surface area contributed by atoms with Crippen LogP contribution in [0.2, 0.25) is 0 Å². The molecule has 0 heterocycles. The standard InChI is InChI=1S/C20H17N3O2/c21-20(25)22-16-12-10-15(11-13-16)19(24)23-18-9-5-4-8-17(18)14-6-2-1-3-7-14/h1-13H,(H,23,24)(H3,21,22,25). The highest BCUT2D eigenvalue weighted by Crippen LogP contribution is 2.28. The first kappa shape index (κ1) is 16.3. The predicted octanol–water partition coefficient (Wildman–Crippen LogP) is 4.10. The van der Waals surface area contributed by atoms with E-state index in [1.54, 1.807) is 24.3 Å². The lowest BCUT2D eigenvalue weighted by atomic mass is 10.0. The summed E-state index contributed by atoms with van der Waals surface area (Å²) in [5, 5.41) is 5.39. The molecule has 0 aromatic heterocycles. The van der Waals surface area contributed by atoms with Crippen molar-refractivity contribution in [3.63, 3.8) is 0 Å². The van der Waals surface area contributed by atoms with Gasteiger partial charge in [-0.1, -0.05) is 48.5 Å². The number of hydrogen-bond acceptors (Lipinski definition) is 2. The quantitative estimate of drug-likeness (QED) is 0.672. The van der Waals surface area contributed by atoms with Gasteiger partial charge in [0, 0.05) is 22.5 Å². The lowest BCUT2D eigenvalue weighted by Crippen LogP contribution is -2.19. The number of nitrogens with one attached hydrogen (secondary N) is 2. The van der Waals surface area contributed by atoms with E-state index in [4.69, 9.17) is 5.73 Å². The number of benzene rings is 3. The molecule has 0 spiro atoms. The van der Waals surface area contributed by atoms with Crippen molar-refractivity contribution >= 4 is 23.3 Å². The molecular weight excluding hydrogens is 314 g/mol. The molecule has 0 aliphatic carbocycles. The molecule has 3 rings (SSSR count). The Morgan fingerprint density at radius 3 is 2.04 bits per heavy atom. The largest absolute Gasteiger partial charge is 0.351 e. The molecule has 0 saturated heterocycles. The number of para-hydroxylation sites is 1. The minimum Gasteiger partial charge on any atom is -0.351 e. The zero-order chi connectivity index (χ0) is 17.6. The lowest BCUT2D eigenvalue weighted by molar-refractivity contribution is 0.102. The highest BCUT2D eigenvalue weighted by atomic mass is 16.2. The first-order chi connectivity index (χ1) is 12.1. The summed E-state index contributed by atoms with van der Waals surface area (Å²) in [5.41, 5.74) is 8.80. The molecule has 4 N–H and O–H groups in total. The molecule has 124 valence electrons. The van der Waals surface area contributed by atoms with Crippen LogP contribution in [0.4, 0.5) is 16.2 Å². The maximum Gasteiger partial charge on any atom is 0.316 e. The predicted molar refractivity (Wildman–Crippen MR) is 99.5 cm³/mol. The summed E-state index contributed by atoms with van der Waals surface area (Å²) in [4.78, 5) is 23.3. The summed E-state index contributed by atoms with van der Waals surface area (Å²) >= 11 is 0. The first-order valence-electron chi connectivity index (χ1n) is 7.76. The first-order valence-corrected chi connectivity index (χ1v) is 7.76. The van der Waals surface area contributed by atoms with E-state index in [1.165, 1.54) is 0 Å². The van der Waals surface area contributed by atoms with Crippen molar-refractivity contribution < 1.29 is 9.59 Å². The minimum absolute atomic E-state index is 0.228. The molecule has 3 amide bonds. The van der Waals surface area contributed by atoms with Crippen LogP contribution in [0.25, 0.3) is 11.1 Å². The normalized spacial score (nSPS) is 10.1. The van der Waals surface area contributed by atoms with Gasteiger partial charge in [-0.2, -0.15) is 0 Å². The van der Waals surface area contributed by atoms with Crippen LogP contribution in [0.5, 0.6) is 0 Å². The van der Waals surface area contributed by atoms with E-state index < -0.39 is 6.03 Å². The number of amides is 3. The van der Waals surface area contributed by atoms with Gasteiger partial charge in [0.15, 0.2) is 0 Å². The van der Waals surface area contributed by atoms with Gasteiger partial charge >= 0.3 is 6.03 Å². The van der Waals surface area contributed by atoms with Crippen LogP contribution in [0.3, 0.4) is 0 Å². The molecule has 0 aliphatic heterocycles. The number of urea groups is 1. The Kier molecular flexibility index (Phi) is 4.76. The van der Waals surface area contributed by atoms with Gasteiger partial charge in [0.1, 0.15) is 0 Å². The van der Waals surface area contributed by atoms with Crippen LogP contribution in [-0.4, -0.2) is 11.9 Å². The number of primary amides is 1. The molecule has 5 heteroatoms. The fraction of sp³-hybridized carbons (Fsp3) is 0. The molecule has 0 atom stereocenters. The van der Waals surface area contributed by atoms with Gasteiger partial charge in [0.2, 0.25) is 0 Å². The molecule has 0 bridgehead atoms. The second kappa shape index (κ2) is 7.31. The Morgan fingerprint density at radius 1 is 0.720 bits per heavy atom. The van der Waals surface area contributed by atoms with Crippen LogP contribution < -0.4 is 16.4 Å². The molecule has 0 unspecified atom stereocenters. The zero-order valence-corrected chi connectivity index (χ0v) is 13.4. The van der Waals surface area contributed by atoms with Crippen molar-refractivity contribution in [2.24, 2.45) is 5.73 Å². The van der Waals surface area contributed by atoms with Crippen molar-refractivity contribution in [2.75, 3.05) is 10.6 Å². The van der Waals surface area contributed by atoms with E-state index in [-0.39, 0.29) is 5.91 Å². The summed E-state index contributed by atoms with van der Waals surface area (Å²) in [5.74, 6) is -0.228. The second-order valence-electron chi connectivity index (χ2n) is 5.43. The van der Waals surface area contributed by atoms with Gasteiger partial charge in [-0.25, -0.2) is 4.79 Å². The molecule has 5 nitrogen and oxygen atoms in total. The van der Waals surface area contributed by atoms with Gasteiger partial charge in [-0.15, -0.1) is 0 Å².